The fraction of sp³-hybridized carbons (Fsp3) is 0.560. The van der Waals surface area contributed by atoms with Gasteiger partial charge >= 0.3 is 6.18 Å². The van der Waals surface area contributed by atoms with E-state index in [-0.39, 0.29) is 23.2 Å². The van der Waals surface area contributed by atoms with Gasteiger partial charge in [0, 0.05) is 36.9 Å². The van der Waals surface area contributed by atoms with Crippen LogP contribution in [0.4, 0.5) is 13.2 Å². The molecule has 0 saturated carbocycles. The Morgan fingerprint density at radius 2 is 1.92 bits per heavy atom. The van der Waals surface area contributed by atoms with Crippen LogP contribution in [-0.2, 0) is 11.0 Å². The fourth-order valence-corrected chi connectivity index (χ4v) is 4.58. The number of nitrogens with one attached hydrogen (secondary N) is 1. The van der Waals surface area contributed by atoms with Gasteiger partial charge in [0.05, 0.1) is 23.5 Å². The first kappa shape index (κ1) is 27.7. The van der Waals surface area contributed by atoms with Crippen LogP contribution < -0.4 is 16.8 Å². The third-order valence-corrected chi connectivity index (χ3v) is 6.84. The van der Waals surface area contributed by atoms with E-state index in [1.165, 1.54) is 0 Å². The highest BCUT2D eigenvalue weighted by Crippen LogP contribution is 2.34. The Hall–Kier alpha value is -2.92. The molecular weight excluding hydrogens is 475 g/mol. The second kappa shape index (κ2) is 11.0. The number of hydrogen-bond donors (Lipinski definition) is 5. The van der Waals surface area contributed by atoms with Crippen molar-refractivity contribution in [2.24, 2.45) is 11.5 Å². The van der Waals surface area contributed by atoms with E-state index in [4.69, 9.17) is 11.5 Å². The van der Waals surface area contributed by atoms with Crippen molar-refractivity contribution in [2.75, 3.05) is 32.7 Å². The molecule has 2 heterocycles. The lowest BCUT2D eigenvalue weighted by molar-refractivity contribution is -0.138. The van der Waals surface area contributed by atoms with Crippen LogP contribution >= 0.6 is 0 Å². The van der Waals surface area contributed by atoms with Gasteiger partial charge in [-0.25, -0.2) is 0 Å². The van der Waals surface area contributed by atoms with Gasteiger partial charge in [-0.15, -0.1) is 0 Å². The number of aromatic hydroxyl groups is 1. The van der Waals surface area contributed by atoms with Gasteiger partial charge in [0.2, 0.25) is 5.91 Å². The van der Waals surface area contributed by atoms with Crippen LogP contribution in [0, 0.1) is 0 Å². The first-order valence-electron chi connectivity index (χ1n) is 12.1. The summed E-state index contributed by atoms with van der Waals surface area (Å²) in [7, 11) is 0. The monoisotopic (exact) mass is 511 g/mol. The molecule has 2 saturated heterocycles. The molecule has 2 fully saturated rings. The Kier molecular flexibility index (Phi) is 8.45. The Balaban J connectivity index is 1.58. The first-order chi connectivity index (χ1) is 16.7. The minimum absolute atomic E-state index is 0.0124. The number of hydrogen-bond acceptors (Lipinski definition) is 7. The number of phenolic OH excluding ortho intramolecular Hbond substituents is 1. The maximum absolute atomic E-state index is 12.9. The Labute approximate surface area is 209 Å². The molecule has 7 N–H and O–H groups in total. The van der Waals surface area contributed by atoms with E-state index in [2.05, 4.69) is 10.2 Å². The average molecular weight is 512 g/mol. The summed E-state index contributed by atoms with van der Waals surface area (Å²) in [6.07, 6.45) is -0.0802. The maximum Gasteiger partial charge on any atom is 0.416 e. The maximum atomic E-state index is 12.9. The second-order valence-electron chi connectivity index (χ2n) is 10.0. The number of nitrogens with two attached hydrogens (primary N) is 2. The SMILES string of the molecule is CC(/C=C(\N)NC1CCCN(CC(=O)N2CCC(C)(O)CC2)C1)=C(/N)c1ccc(C(F)(F)F)cc1O. The lowest BCUT2D eigenvalue weighted by atomic mass is 9.94. The van der Waals surface area contributed by atoms with E-state index in [1.54, 1.807) is 24.8 Å². The van der Waals surface area contributed by atoms with E-state index in [0.717, 1.165) is 31.5 Å². The highest BCUT2D eigenvalue weighted by atomic mass is 19.4. The number of nitrogens with zero attached hydrogens (tertiary/aromatic N) is 2. The number of rotatable bonds is 6. The largest absolute Gasteiger partial charge is 0.507 e. The number of likely N-dealkylation sites (tertiary alicyclic amines) is 2. The number of piperidine rings is 2. The van der Waals surface area contributed by atoms with E-state index < -0.39 is 23.1 Å². The van der Waals surface area contributed by atoms with Crippen LogP contribution in [0.3, 0.4) is 0 Å². The minimum atomic E-state index is -4.56. The fourth-order valence-electron chi connectivity index (χ4n) is 4.58. The van der Waals surface area contributed by atoms with Crippen LogP contribution in [-0.4, -0.2) is 70.3 Å². The third kappa shape index (κ3) is 7.30. The van der Waals surface area contributed by atoms with Gasteiger partial charge in [-0.05, 0) is 75.9 Å². The van der Waals surface area contributed by atoms with Crippen molar-refractivity contribution >= 4 is 11.6 Å². The molecule has 0 radical (unpaired) electrons. The van der Waals surface area contributed by atoms with E-state index in [0.29, 0.717) is 56.5 Å². The van der Waals surface area contributed by atoms with E-state index >= 15 is 0 Å². The molecule has 3 rings (SSSR count). The molecule has 1 atom stereocenters. The van der Waals surface area contributed by atoms with Gasteiger partial charge in [0.25, 0.3) is 0 Å². The zero-order chi connectivity index (χ0) is 26.7. The van der Waals surface area contributed by atoms with Crippen molar-refractivity contribution in [1.29, 1.82) is 0 Å². The normalized spacial score (nSPS) is 22.2. The molecule has 200 valence electrons. The molecule has 1 aromatic rings. The molecule has 1 aromatic carbocycles. The van der Waals surface area contributed by atoms with Crippen LogP contribution in [0.5, 0.6) is 5.75 Å². The molecule has 0 aromatic heterocycles. The van der Waals surface area contributed by atoms with Crippen molar-refractivity contribution in [2.45, 2.75) is 57.3 Å². The summed E-state index contributed by atoms with van der Waals surface area (Å²) >= 11 is 0. The number of allylic oxidation sites excluding steroid dienone is 2. The van der Waals surface area contributed by atoms with Gasteiger partial charge in [0.1, 0.15) is 5.75 Å². The van der Waals surface area contributed by atoms with Gasteiger partial charge in [-0.2, -0.15) is 13.2 Å². The number of phenols is 1. The van der Waals surface area contributed by atoms with Crippen molar-refractivity contribution in [3.05, 3.63) is 46.8 Å². The van der Waals surface area contributed by atoms with Gasteiger partial charge in [-0.3, -0.25) is 9.69 Å². The molecule has 8 nitrogen and oxygen atoms in total. The van der Waals surface area contributed by atoms with Crippen molar-refractivity contribution < 1.29 is 28.2 Å². The lowest BCUT2D eigenvalue weighted by Crippen LogP contribution is -2.52. The van der Waals surface area contributed by atoms with Crippen LogP contribution in [0.15, 0.2) is 35.7 Å². The van der Waals surface area contributed by atoms with Crippen molar-refractivity contribution in [3.8, 4) is 5.75 Å². The van der Waals surface area contributed by atoms with Crippen molar-refractivity contribution in [1.82, 2.24) is 15.1 Å². The molecule has 11 heteroatoms. The molecule has 2 aliphatic heterocycles. The number of carbonyl (C=O) groups is 1. The van der Waals surface area contributed by atoms with Gasteiger partial charge in [0.15, 0.2) is 0 Å². The van der Waals surface area contributed by atoms with Gasteiger partial charge < -0.3 is 31.9 Å². The smallest absolute Gasteiger partial charge is 0.416 e. The Bertz CT molecular complexity index is 1010. The Morgan fingerprint density at radius 1 is 1.25 bits per heavy atom. The first-order valence-corrected chi connectivity index (χ1v) is 12.1. The number of carbonyl (C=O) groups excluding carboxylic acids is 1. The minimum Gasteiger partial charge on any atom is -0.507 e. The molecule has 0 spiro atoms. The summed E-state index contributed by atoms with van der Waals surface area (Å²) in [5.74, 6) is -0.178. The number of amides is 1. The van der Waals surface area contributed by atoms with Crippen LogP contribution in [0.1, 0.15) is 50.7 Å². The predicted octanol–water partition coefficient (Wildman–Crippen LogP) is 2.33. The number of alkyl halides is 3. The number of benzene rings is 1. The molecule has 0 bridgehead atoms. The summed E-state index contributed by atoms with van der Waals surface area (Å²) in [5.41, 5.74) is 11.3. The predicted molar refractivity (Wildman–Crippen MR) is 131 cm³/mol. The summed E-state index contributed by atoms with van der Waals surface area (Å²) in [6.45, 7) is 6.30. The van der Waals surface area contributed by atoms with Gasteiger partial charge in [-0.1, -0.05) is 0 Å². The van der Waals surface area contributed by atoms with Crippen molar-refractivity contribution in [3.63, 3.8) is 0 Å². The van der Waals surface area contributed by atoms with E-state index in [9.17, 15) is 28.2 Å². The van der Waals surface area contributed by atoms with E-state index in [1.807, 2.05) is 0 Å². The average Bonchev–Trinajstić information content (AvgIpc) is 2.78. The quantitative estimate of drug-likeness (QED) is 0.371. The molecule has 0 aliphatic carbocycles. The molecule has 2 aliphatic rings. The van der Waals surface area contributed by atoms with Crippen LogP contribution in [0.2, 0.25) is 0 Å². The number of halogens is 3. The summed E-state index contributed by atoms with van der Waals surface area (Å²) < 4.78 is 38.6. The zero-order valence-electron chi connectivity index (χ0n) is 20.7. The standard InChI is InChI=1S/C25H36F3N5O3/c1-16(23(30)19-6-5-17(13-20(19)34)25(26,27)28)12-21(29)31-18-4-3-9-32(14-18)15-22(35)33-10-7-24(2,36)8-11-33/h5-6,12-13,18,31,34,36H,3-4,7-11,14-15,29-30H2,1-2H3/b21-12+,23-16-. The summed E-state index contributed by atoms with van der Waals surface area (Å²) in [4.78, 5) is 16.6. The highest BCUT2D eigenvalue weighted by molar-refractivity contribution is 5.78. The zero-order valence-corrected chi connectivity index (χ0v) is 20.7. The second-order valence-corrected chi connectivity index (χ2v) is 10.0. The Morgan fingerprint density at radius 3 is 2.53 bits per heavy atom. The number of aliphatic hydroxyl groups is 1. The summed E-state index contributed by atoms with van der Waals surface area (Å²) in [5, 5.41) is 23.4. The lowest BCUT2D eigenvalue weighted by Gasteiger charge is -2.38. The highest BCUT2D eigenvalue weighted by Gasteiger charge is 2.32. The summed E-state index contributed by atoms with van der Waals surface area (Å²) in [6, 6.07) is 2.65. The molecule has 1 amide bonds. The molecule has 1 unspecified atom stereocenters. The molecule has 36 heavy (non-hydrogen) atoms. The molecular formula is C25H36F3N5O3. The topological polar surface area (TPSA) is 128 Å². The third-order valence-electron chi connectivity index (χ3n) is 6.84. The van der Waals surface area contributed by atoms with Crippen LogP contribution in [0.25, 0.3) is 5.70 Å².